The lowest BCUT2D eigenvalue weighted by atomic mass is 10.1. The molecule has 198 valence electrons. The number of methoxy groups -OCH3 is 3. The molecule has 0 saturated heterocycles. The Bertz CT molecular complexity index is 867. The van der Waals surface area contributed by atoms with Crippen molar-refractivity contribution in [2.75, 3.05) is 21.3 Å². The number of carbonyl (C=O) groups is 3. The van der Waals surface area contributed by atoms with E-state index in [9.17, 15) is 18.8 Å². The van der Waals surface area contributed by atoms with Gasteiger partial charge in [-0.1, -0.05) is 0 Å². The van der Waals surface area contributed by atoms with E-state index in [2.05, 4.69) is 10.6 Å². The maximum absolute atomic E-state index is 14.9. The first-order valence-corrected chi connectivity index (χ1v) is 11.0. The van der Waals surface area contributed by atoms with Crippen molar-refractivity contribution in [1.82, 2.24) is 10.6 Å². The number of hydrogen-bond acceptors (Lipinski definition) is 8. The second kappa shape index (κ2) is 12.5. The summed E-state index contributed by atoms with van der Waals surface area (Å²) in [6, 6.07) is 1.75. The summed E-state index contributed by atoms with van der Waals surface area (Å²) in [7, 11) is 4.35. The van der Waals surface area contributed by atoms with Crippen LogP contribution in [0.2, 0.25) is 0 Å². The van der Waals surface area contributed by atoms with Crippen LogP contribution >= 0.6 is 0 Å². The monoisotopic (exact) mass is 500 g/mol. The van der Waals surface area contributed by atoms with Crippen molar-refractivity contribution in [3.8, 4) is 17.2 Å². The molecule has 0 spiro atoms. The summed E-state index contributed by atoms with van der Waals surface area (Å²) in [5.41, 5.74) is -1.27. The minimum atomic E-state index is -2.14. The third-order valence-electron chi connectivity index (χ3n) is 4.37. The third kappa shape index (κ3) is 10.3. The molecule has 1 aromatic carbocycles. The maximum atomic E-state index is 14.9. The van der Waals surface area contributed by atoms with Crippen LogP contribution in [0.5, 0.6) is 17.2 Å². The number of rotatable bonds is 10. The first kappa shape index (κ1) is 29.8. The predicted molar refractivity (Wildman–Crippen MR) is 126 cm³/mol. The Kier molecular flexibility index (Phi) is 10.6. The van der Waals surface area contributed by atoms with Crippen molar-refractivity contribution in [1.29, 1.82) is 0 Å². The van der Waals surface area contributed by atoms with E-state index in [1.165, 1.54) is 21.3 Å². The summed E-state index contributed by atoms with van der Waals surface area (Å²) in [4.78, 5) is 37.3. The first-order chi connectivity index (χ1) is 16.1. The molecule has 0 saturated carbocycles. The zero-order chi connectivity index (χ0) is 27.0. The lowest BCUT2D eigenvalue weighted by Crippen LogP contribution is -2.48. The van der Waals surface area contributed by atoms with Crippen molar-refractivity contribution in [3.05, 3.63) is 17.7 Å². The second-order valence-electron chi connectivity index (χ2n) is 9.66. The van der Waals surface area contributed by atoms with E-state index in [1.807, 2.05) is 0 Å². The van der Waals surface area contributed by atoms with Crippen LogP contribution in [0.3, 0.4) is 0 Å². The molecule has 0 heterocycles. The van der Waals surface area contributed by atoms with Gasteiger partial charge in [0.1, 0.15) is 34.5 Å². The standard InChI is InChI=1S/C24H37FN2O8/c1-23(2,3)34-21(29)17(27-22(30)35-24(4,5)6)12-16(25)20(28)26-13-15-18(32-8)10-14(31-7)11-19(15)33-9/h10-11,16-17H,12-13H2,1-9H3,(H,26,28)(H,27,30)/t16-,17+/m1/s1. The molecule has 0 aliphatic heterocycles. The molecule has 1 rings (SSSR count). The van der Waals surface area contributed by atoms with Crippen LogP contribution in [0, 0.1) is 0 Å². The van der Waals surface area contributed by atoms with E-state index in [1.54, 1.807) is 53.7 Å². The Morgan fingerprint density at radius 2 is 1.40 bits per heavy atom. The molecule has 0 aliphatic rings. The topological polar surface area (TPSA) is 121 Å². The zero-order valence-electron chi connectivity index (χ0n) is 21.9. The normalized spacial score (nSPS) is 13.2. The van der Waals surface area contributed by atoms with Gasteiger partial charge in [0.25, 0.3) is 5.91 Å². The van der Waals surface area contributed by atoms with E-state index >= 15 is 0 Å². The lowest BCUT2D eigenvalue weighted by molar-refractivity contribution is -0.158. The number of alkyl halides is 1. The first-order valence-electron chi connectivity index (χ1n) is 11.0. The van der Waals surface area contributed by atoms with E-state index in [0.717, 1.165) is 0 Å². The van der Waals surface area contributed by atoms with Crippen molar-refractivity contribution in [3.63, 3.8) is 0 Å². The molecular weight excluding hydrogens is 463 g/mol. The molecule has 2 atom stereocenters. The number of hydrogen-bond donors (Lipinski definition) is 2. The van der Waals surface area contributed by atoms with Crippen LogP contribution in [-0.2, 0) is 25.6 Å². The summed E-state index contributed by atoms with van der Waals surface area (Å²) in [5.74, 6) is -0.669. The van der Waals surface area contributed by atoms with Gasteiger partial charge in [0.05, 0.1) is 33.4 Å². The average molecular weight is 501 g/mol. The third-order valence-corrected chi connectivity index (χ3v) is 4.37. The Morgan fingerprint density at radius 3 is 1.83 bits per heavy atom. The summed E-state index contributed by atoms with van der Waals surface area (Å²) >= 11 is 0. The number of benzene rings is 1. The molecule has 2 N–H and O–H groups in total. The highest BCUT2D eigenvalue weighted by molar-refractivity contribution is 5.85. The van der Waals surface area contributed by atoms with Gasteiger partial charge in [-0.25, -0.2) is 14.0 Å². The number of nitrogens with one attached hydrogen (secondary N) is 2. The predicted octanol–water partition coefficient (Wildman–Crippen LogP) is 3.29. The van der Waals surface area contributed by atoms with E-state index in [4.69, 9.17) is 23.7 Å². The molecule has 0 bridgehead atoms. The van der Waals surface area contributed by atoms with Crippen molar-refractivity contribution in [2.24, 2.45) is 0 Å². The van der Waals surface area contributed by atoms with Crippen LogP contribution in [0.25, 0.3) is 0 Å². The number of ether oxygens (including phenoxy) is 5. The van der Waals surface area contributed by atoms with Gasteiger partial charge in [-0.15, -0.1) is 0 Å². The van der Waals surface area contributed by atoms with Gasteiger partial charge in [-0.2, -0.15) is 0 Å². The van der Waals surface area contributed by atoms with E-state index < -0.39 is 47.8 Å². The van der Waals surface area contributed by atoms with Crippen LogP contribution in [0.15, 0.2) is 12.1 Å². The van der Waals surface area contributed by atoms with Crippen LogP contribution in [0.4, 0.5) is 9.18 Å². The summed E-state index contributed by atoms with van der Waals surface area (Å²) < 4.78 is 41.2. The number of carbonyl (C=O) groups excluding carboxylic acids is 3. The molecule has 35 heavy (non-hydrogen) atoms. The molecule has 0 fully saturated rings. The number of esters is 1. The quantitative estimate of drug-likeness (QED) is 0.470. The molecule has 0 aromatic heterocycles. The molecule has 0 aliphatic carbocycles. The Hall–Kier alpha value is -3.24. The molecule has 0 unspecified atom stereocenters. The molecule has 2 amide bonds. The van der Waals surface area contributed by atoms with E-state index in [0.29, 0.717) is 22.8 Å². The second-order valence-corrected chi connectivity index (χ2v) is 9.66. The molecular formula is C24H37FN2O8. The van der Waals surface area contributed by atoms with Crippen molar-refractivity contribution < 1.29 is 42.5 Å². The lowest BCUT2D eigenvalue weighted by Gasteiger charge is -2.26. The average Bonchev–Trinajstić information content (AvgIpc) is 2.73. The van der Waals surface area contributed by atoms with Gasteiger partial charge >= 0.3 is 12.1 Å². The van der Waals surface area contributed by atoms with Gasteiger partial charge in [0.15, 0.2) is 6.17 Å². The number of alkyl carbamates (subject to hydrolysis) is 1. The van der Waals surface area contributed by atoms with Gasteiger partial charge in [0, 0.05) is 18.6 Å². The molecule has 0 radical (unpaired) electrons. The Morgan fingerprint density at radius 1 is 0.886 bits per heavy atom. The molecule has 1 aromatic rings. The molecule has 10 nitrogen and oxygen atoms in total. The van der Waals surface area contributed by atoms with Crippen molar-refractivity contribution in [2.45, 2.75) is 77.9 Å². The maximum Gasteiger partial charge on any atom is 0.408 e. The zero-order valence-corrected chi connectivity index (χ0v) is 21.9. The fourth-order valence-electron chi connectivity index (χ4n) is 2.89. The Labute approximate surface area is 205 Å². The number of amides is 2. The van der Waals surface area contributed by atoms with Crippen LogP contribution < -0.4 is 24.8 Å². The fourth-order valence-corrected chi connectivity index (χ4v) is 2.89. The van der Waals surface area contributed by atoms with Crippen LogP contribution in [0.1, 0.15) is 53.5 Å². The van der Waals surface area contributed by atoms with Gasteiger partial charge < -0.3 is 34.3 Å². The SMILES string of the molecule is COc1cc(OC)c(CNC(=O)[C@H](F)C[C@H](NC(=O)OC(C)(C)C)C(=O)OC(C)(C)C)c(OC)c1. The minimum absolute atomic E-state index is 0.119. The summed E-state index contributed by atoms with van der Waals surface area (Å²) in [6.45, 7) is 9.69. The molecule has 11 heteroatoms. The smallest absolute Gasteiger partial charge is 0.408 e. The van der Waals surface area contributed by atoms with Gasteiger partial charge in [-0.05, 0) is 41.5 Å². The number of halogens is 1. The largest absolute Gasteiger partial charge is 0.496 e. The highest BCUT2D eigenvalue weighted by Crippen LogP contribution is 2.34. The van der Waals surface area contributed by atoms with Gasteiger partial charge in [-0.3, -0.25) is 4.79 Å². The summed E-state index contributed by atoms with van der Waals surface area (Å²) in [5, 5.41) is 4.75. The summed E-state index contributed by atoms with van der Waals surface area (Å²) in [6.07, 6.45) is -3.73. The van der Waals surface area contributed by atoms with Crippen LogP contribution in [-0.4, -0.2) is 62.7 Å². The highest BCUT2D eigenvalue weighted by Gasteiger charge is 2.33. The Balaban J connectivity index is 2.97. The van der Waals surface area contributed by atoms with Gasteiger partial charge in [0.2, 0.25) is 0 Å². The van der Waals surface area contributed by atoms with Crippen molar-refractivity contribution >= 4 is 18.0 Å². The highest BCUT2D eigenvalue weighted by atomic mass is 19.1. The fraction of sp³-hybridized carbons (Fsp3) is 0.625. The minimum Gasteiger partial charge on any atom is -0.496 e. The van der Waals surface area contributed by atoms with E-state index in [-0.39, 0.29) is 6.54 Å².